The van der Waals surface area contributed by atoms with Crippen LogP contribution in [0.1, 0.15) is 51.0 Å². The van der Waals surface area contributed by atoms with Crippen LogP contribution in [0, 0.1) is 0 Å². The molecule has 108 valence electrons. The van der Waals surface area contributed by atoms with Crippen molar-refractivity contribution >= 4 is 11.6 Å². The number of rotatable bonds is 5. The first kappa shape index (κ1) is 15.0. The van der Waals surface area contributed by atoms with Gasteiger partial charge in [0.1, 0.15) is 0 Å². The largest absolute Gasteiger partial charge is 0.424 e. The zero-order valence-corrected chi connectivity index (χ0v) is 13.0. The van der Waals surface area contributed by atoms with Gasteiger partial charge in [-0.05, 0) is 31.5 Å². The minimum Gasteiger partial charge on any atom is -0.424 e. The average molecular weight is 294 g/mol. The topological polar surface area (TPSA) is 51.0 Å². The van der Waals surface area contributed by atoms with Crippen molar-refractivity contribution < 1.29 is 4.42 Å². The number of halogens is 1. The van der Waals surface area contributed by atoms with Crippen molar-refractivity contribution in [3.8, 4) is 0 Å². The summed E-state index contributed by atoms with van der Waals surface area (Å²) in [6, 6.07) is 7.82. The lowest BCUT2D eigenvalue weighted by atomic mass is 9.94. The zero-order chi connectivity index (χ0) is 14.8. The molecule has 0 aliphatic heterocycles. The molecule has 20 heavy (non-hydrogen) atoms. The molecule has 0 aliphatic rings. The second kappa shape index (κ2) is 5.94. The Labute approximate surface area is 124 Å². The first-order valence-electron chi connectivity index (χ1n) is 6.72. The van der Waals surface area contributed by atoms with E-state index in [1.165, 1.54) is 0 Å². The molecule has 2 aromatic rings. The molecule has 0 spiro atoms. The molecule has 0 radical (unpaired) electrons. The van der Waals surface area contributed by atoms with Crippen molar-refractivity contribution in [1.29, 1.82) is 0 Å². The summed E-state index contributed by atoms with van der Waals surface area (Å²) in [5.74, 6) is 1.53. The monoisotopic (exact) mass is 293 g/mol. The van der Waals surface area contributed by atoms with Gasteiger partial charge >= 0.3 is 0 Å². The number of nitrogens with one attached hydrogen (secondary N) is 1. The lowest BCUT2D eigenvalue weighted by molar-refractivity contribution is 0.353. The summed E-state index contributed by atoms with van der Waals surface area (Å²) in [4.78, 5) is 0. The van der Waals surface area contributed by atoms with E-state index in [4.69, 9.17) is 16.0 Å². The van der Waals surface area contributed by atoms with Crippen molar-refractivity contribution in [3.05, 3.63) is 46.6 Å². The van der Waals surface area contributed by atoms with Crippen LogP contribution in [-0.2, 0) is 12.1 Å². The number of nitrogens with zero attached hydrogens (tertiary/aromatic N) is 2. The van der Waals surface area contributed by atoms with Crippen molar-refractivity contribution in [1.82, 2.24) is 15.5 Å². The van der Waals surface area contributed by atoms with Crippen molar-refractivity contribution in [3.63, 3.8) is 0 Å². The Morgan fingerprint density at radius 2 is 1.85 bits per heavy atom. The van der Waals surface area contributed by atoms with E-state index in [1.807, 2.05) is 38.1 Å². The molecule has 0 fully saturated rings. The maximum atomic E-state index is 5.91. The molecule has 1 aromatic carbocycles. The van der Waals surface area contributed by atoms with Crippen LogP contribution in [0.25, 0.3) is 0 Å². The number of hydrogen-bond donors (Lipinski definition) is 1. The fourth-order valence-electron chi connectivity index (χ4n) is 1.84. The highest BCUT2D eigenvalue weighted by atomic mass is 35.5. The minimum absolute atomic E-state index is 0.197. The standard InChI is InChI=1S/C15H20ClN3O/c1-10(2)14-19-18-13(20-14)9-17-15(3,4)11-5-7-12(16)8-6-11/h5-8,10,17H,9H2,1-4H3. The van der Waals surface area contributed by atoms with Gasteiger partial charge < -0.3 is 4.42 Å². The molecule has 0 atom stereocenters. The highest BCUT2D eigenvalue weighted by molar-refractivity contribution is 6.30. The number of hydrogen-bond acceptors (Lipinski definition) is 4. The zero-order valence-electron chi connectivity index (χ0n) is 12.3. The maximum absolute atomic E-state index is 5.91. The Balaban J connectivity index is 2.02. The molecule has 1 N–H and O–H groups in total. The molecule has 4 nitrogen and oxygen atoms in total. The molecule has 5 heteroatoms. The molecule has 0 saturated heterocycles. The molecule has 2 rings (SSSR count). The molecular formula is C15H20ClN3O. The summed E-state index contributed by atoms with van der Waals surface area (Å²) in [6.45, 7) is 8.81. The van der Waals surface area contributed by atoms with Gasteiger partial charge in [0.25, 0.3) is 0 Å². The van der Waals surface area contributed by atoms with Gasteiger partial charge in [-0.15, -0.1) is 10.2 Å². The van der Waals surface area contributed by atoms with Gasteiger partial charge in [0.05, 0.1) is 6.54 Å². The molecular weight excluding hydrogens is 274 g/mol. The van der Waals surface area contributed by atoms with Crippen LogP contribution < -0.4 is 5.32 Å². The molecule has 1 aromatic heterocycles. The van der Waals surface area contributed by atoms with E-state index < -0.39 is 0 Å². The smallest absolute Gasteiger partial charge is 0.230 e. The van der Waals surface area contributed by atoms with E-state index in [0.717, 1.165) is 10.6 Å². The second-order valence-corrected chi connectivity index (χ2v) is 6.11. The summed E-state index contributed by atoms with van der Waals surface area (Å²) >= 11 is 5.91. The molecule has 0 amide bonds. The highest BCUT2D eigenvalue weighted by Gasteiger charge is 2.21. The normalized spacial score (nSPS) is 12.1. The van der Waals surface area contributed by atoms with E-state index in [1.54, 1.807) is 0 Å². The van der Waals surface area contributed by atoms with Gasteiger partial charge in [0.15, 0.2) is 0 Å². The second-order valence-electron chi connectivity index (χ2n) is 5.67. The van der Waals surface area contributed by atoms with Crippen molar-refractivity contribution in [2.24, 2.45) is 0 Å². The molecule has 0 unspecified atom stereocenters. The van der Waals surface area contributed by atoms with E-state index in [0.29, 0.717) is 18.3 Å². The van der Waals surface area contributed by atoms with Gasteiger partial charge in [-0.2, -0.15) is 0 Å². The Hall–Kier alpha value is -1.39. The first-order valence-corrected chi connectivity index (χ1v) is 7.09. The Kier molecular flexibility index (Phi) is 4.45. The van der Waals surface area contributed by atoms with Crippen LogP contribution in [0.5, 0.6) is 0 Å². The lowest BCUT2D eigenvalue weighted by Gasteiger charge is -2.26. The third-order valence-electron chi connectivity index (χ3n) is 3.22. The van der Waals surface area contributed by atoms with Crippen LogP contribution in [0.4, 0.5) is 0 Å². The highest BCUT2D eigenvalue weighted by Crippen LogP contribution is 2.22. The number of aromatic nitrogens is 2. The summed E-state index contributed by atoms with van der Waals surface area (Å²) in [6.07, 6.45) is 0. The van der Waals surface area contributed by atoms with Gasteiger partial charge in [-0.25, -0.2) is 0 Å². The third kappa shape index (κ3) is 3.58. The van der Waals surface area contributed by atoms with Crippen LogP contribution in [0.3, 0.4) is 0 Å². The quantitative estimate of drug-likeness (QED) is 0.909. The molecule has 1 heterocycles. The lowest BCUT2D eigenvalue weighted by Crippen LogP contribution is -2.36. The Morgan fingerprint density at radius 3 is 2.40 bits per heavy atom. The van der Waals surface area contributed by atoms with Gasteiger partial charge in [0.2, 0.25) is 11.8 Å². The predicted octanol–water partition coefficient (Wildman–Crippen LogP) is 3.87. The first-order chi connectivity index (χ1) is 9.38. The van der Waals surface area contributed by atoms with Crippen LogP contribution >= 0.6 is 11.6 Å². The van der Waals surface area contributed by atoms with Gasteiger partial charge in [-0.1, -0.05) is 37.6 Å². The van der Waals surface area contributed by atoms with E-state index >= 15 is 0 Å². The summed E-state index contributed by atoms with van der Waals surface area (Å²) in [5.41, 5.74) is 0.961. The molecule has 0 bridgehead atoms. The maximum Gasteiger partial charge on any atom is 0.230 e. The number of benzene rings is 1. The van der Waals surface area contributed by atoms with Crippen LogP contribution in [0.15, 0.2) is 28.7 Å². The van der Waals surface area contributed by atoms with Crippen molar-refractivity contribution in [2.45, 2.75) is 45.7 Å². The minimum atomic E-state index is -0.197. The van der Waals surface area contributed by atoms with E-state index in [-0.39, 0.29) is 11.5 Å². The van der Waals surface area contributed by atoms with Crippen LogP contribution in [0.2, 0.25) is 5.02 Å². The van der Waals surface area contributed by atoms with Crippen LogP contribution in [-0.4, -0.2) is 10.2 Å². The summed E-state index contributed by atoms with van der Waals surface area (Å²) in [7, 11) is 0. The average Bonchev–Trinajstić information content (AvgIpc) is 2.86. The fourth-order valence-corrected chi connectivity index (χ4v) is 1.96. The Bertz CT molecular complexity index is 561. The third-order valence-corrected chi connectivity index (χ3v) is 3.48. The Morgan fingerprint density at radius 1 is 1.20 bits per heavy atom. The van der Waals surface area contributed by atoms with E-state index in [9.17, 15) is 0 Å². The van der Waals surface area contributed by atoms with E-state index in [2.05, 4.69) is 29.4 Å². The summed E-state index contributed by atoms with van der Waals surface area (Å²) in [5, 5.41) is 12.2. The predicted molar refractivity (Wildman–Crippen MR) is 79.7 cm³/mol. The summed E-state index contributed by atoms with van der Waals surface area (Å²) < 4.78 is 5.59. The molecule has 0 aliphatic carbocycles. The van der Waals surface area contributed by atoms with Gasteiger partial charge in [0, 0.05) is 16.5 Å². The van der Waals surface area contributed by atoms with Gasteiger partial charge in [-0.3, -0.25) is 5.32 Å². The fraction of sp³-hybridized carbons (Fsp3) is 0.467. The SMILES string of the molecule is CC(C)c1nnc(CNC(C)(C)c2ccc(Cl)cc2)o1. The van der Waals surface area contributed by atoms with Crippen molar-refractivity contribution in [2.75, 3.05) is 0 Å². The molecule has 0 saturated carbocycles.